The van der Waals surface area contributed by atoms with Gasteiger partial charge in [-0.3, -0.25) is 4.90 Å². The third-order valence-electron chi connectivity index (χ3n) is 2.90. The fourth-order valence-corrected chi connectivity index (χ4v) is 4.06. The summed E-state index contributed by atoms with van der Waals surface area (Å²) in [6.45, 7) is 1.88. The number of rotatable bonds is 1. The lowest BCUT2D eigenvalue weighted by Crippen LogP contribution is -3.00. The Hall–Kier alpha value is 0.160. The van der Waals surface area contributed by atoms with E-state index in [1.807, 2.05) is 0 Å². The van der Waals surface area contributed by atoms with E-state index in [4.69, 9.17) is 0 Å². The van der Waals surface area contributed by atoms with Gasteiger partial charge in [0.1, 0.15) is 0 Å². The quantitative estimate of drug-likeness (QED) is 0.512. The topological polar surface area (TPSA) is 57.6 Å². The number of aliphatic hydroxyl groups excluding tert-OH is 1. The molecule has 0 aliphatic carbocycles. The van der Waals surface area contributed by atoms with Crippen LogP contribution >= 0.6 is 0 Å². The Bertz CT molecular complexity index is 287. The van der Waals surface area contributed by atoms with E-state index in [0.29, 0.717) is 0 Å². The van der Waals surface area contributed by atoms with Crippen LogP contribution in [0.1, 0.15) is 12.8 Å². The molecule has 14 heavy (non-hydrogen) atoms. The first-order chi connectivity index (χ1) is 6.08. The molecule has 2 unspecified atom stereocenters. The predicted octanol–water partition coefficient (Wildman–Crippen LogP) is -3.76. The van der Waals surface area contributed by atoms with E-state index < -0.39 is 15.9 Å². The second kappa shape index (κ2) is 4.35. The van der Waals surface area contributed by atoms with E-state index in [1.54, 1.807) is 0 Å². The van der Waals surface area contributed by atoms with Crippen LogP contribution in [-0.2, 0) is 9.84 Å². The van der Waals surface area contributed by atoms with Gasteiger partial charge in [-0.05, 0) is 25.9 Å². The third-order valence-corrected chi connectivity index (χ3v) is 4.60. The van der Waals surface area contributed by atoms with Crippen molar-refractivity contribution in [3.8, 4) is 0 Å². The minimum atomic E-state index is -2.97. The maximum absolute atomic E-state index is 11.2. The Kier molecular flexibility index (Phi) is 3.80. The fourth-order valence-electron chi connectivity index (χ4n) is 2.23. The summed E-state index contributed by atoms with van der Waals surface area (Å²) in [6, 6.07) is -0.132. The highest BCUT2D eigenvalue weighted by Crippen LogP contribution is 2.22. The molecule has 4 nitrogen and oxygen atoms in total. The zero-order valence-corrected chi connectivity index (χ0v) is 9.47. The molecule has 2 rings (SSSR count). The van der Waals surface area contributed by atoms with Crippen LogP contribution in [0.4, 0.5) is 0 Å². The van der Waals surface area contributed by atoms with Crippen molar-refractivity contribution in [1.82, 2.24) is 4.90 Å². The van der Waals surface area contributed by atoms with Crippen LogP contribution in [0.5, 0.6) is 0 Å². The van der Waals surface area contributed by atoms with E-state index in [-0.39, 0.29) is 30.0 Å². The highest BCUT2D eigenvalue weighted by atomic mass is 35.5. The zero-order valence-electron chi connectivity index (χ0n) is 7.89. The lowest BCUT2D eigenvalue weighted by Gasteiger charge is -2.24. The van der Waals surface area contributed by atoms with Gasteiger partial charge in [-0.15, -0.1) is 0 Å². The lowest BCUT2D eigenvalue weighted by molar-refractivity contribution is -0.00000743. The predicted molar refractivity (Wildman–Crippen MR) is 49.3 cm³/mol. The first kappa shape index (κ1) is 12.2. The van der Waals surface area contributed by atoms with Crippen molar-refractivity contribution >= 4 is 9.84 Å². The summed E-state index contributed by atoms with van der Waals surface area (Å²) >= 11 is 0. The minimum Gasteiger partial charge on any atom is -1.00 e. The highest BCUT2D eigenvalue weighted by molar-refractivity contribution is 7.91. The molecule has 6 heteroatoms. The molecule has 2 saturated heterocycles. The van der Waals surface area contributed by atoms with Gasteiger partial charge in [0.2, 0.25) is 0 Å². The number of halogens is 1. The largest absolute Gasteiger partial charge is 1.00 e. The van der Waals surface area contributed by atoms with Crippen molar-refractivity contribution < 1.29 is 25.9 Å². The molecule has 0 amide bonds. The number of likely N-dealkylation sites (tertiary alicyclic amines) is 1. The van der Waals surface area contributed by atoms with E-state index in [1.165, 1.54) is 0 Å². The van der Waals surface area contributed by atoms with Crippen molar-refractivity contribution in [3.05, 3.63) is 0 Å². The second-order valence-corrected chi connectivity index (χ2v) is 6.11. The van der Waals surface area contributed by atoms with Gasteiger partial charge in [-0.2, -0.15) is 0 Å². The van der Waals surface area contributed by atoms with Crippen LogP contribution in [-0.4, -0.2) is 55.2 Å². The van der Waals surface area contributed by atoms with E-state index in [2.05, 4.69) is 4.90 Å². The van der Waals surface area contributed by atoms with Crippen molar-refractivity contribution in [2.45, 2.75) is 25.0 Å². The molecule has 0 saturated carbocycles. The standard InChI is InChI=1S/C8H15NO3S.ClH/c10-8-6-13(11,12)5-7(8)9-3-1-2-4-9;/h7-8,10H,1-6H2;1H/p-1. The molecule has 2 aliphatic heterocycles. The normalized spacial score (nSPS) is 36.9. The van der Waals surface area contributed by atoms with Crippen LogP contribution in [0, 0.1) is 0 Å². The first-order valence-electron chi connectivity index (χ1n) is 4.71. The van der Waals surface area contributed by atoms with E-state index >= 15 is 0 Å². The van der Waals surface area contributed by atoms with Gasteiger partial charge in [-0.1, -0.05) is 0 Å². The number of hydrogen-bond donors (Lipinski definition) is 1. The second-order valence-electron chi connectivity index (χ2n) is 3.95. The molecule has 2 aliphatic rings. The van der Waals surface area contributed by atoms with Crippen molar-refractivity contribution in [1.29, 1.82) is 0 Å². The Morgan fingerprint density at radius 2 is 1.71 bits per heavy atom. The van der Waals surface area contributed by atoms with Crippen LogP contribution in [0.25, 0.3) is 0 Å². The molecule has 0 aromatic carbocycles. The van der Waals surface area contributed by atoms with Gasteiger partial charge >= 0.3 is 0 Å². The summed E-state index contributed by atoms with van der Waals surface area (Å²) in [5.74, 6) is 0.0995. The zero-order chi connectivity index (χ0) is 9.47. The summed E-state index contributed by atoms with van der Waals surface area (Å²) in [7, 11) is -2.97. The Balaban J connectivity index is 0.000000980. The molecule has 2 fully saturated rings. The monoisotopic (exact) mass is 240 g/mol. The van der Waals surface area contributed by atoms with E-state index in [0.717, 1.165) is 25.9 Å². The molecule has 2 atom stereocenters. The average Bonchev–Trinajstić information content (AvgIpc) is 2.56. The fraction of sp³-hybridized carbons (Fsp3) is 1.00. The third kappa shape index (κ3) is 2.39. The molecule has 0 radical (unpaired) electrons. The van der Waals surface area contributed by atoms with Crippen molar-refractivity contribution in [2.24, 2.45) is 0 Å². The Morgan fingerprint density at radius 1 is 1.14 bits per heavy atom. The number of aliphatic hydroxyl groups is 1. The molecule has 2 heterocycles. The molecule has 0 aromatic rings. The van der Waals surface area contributed by atoms with Crippen molar-refractivity contribution in [2.75, 3.05) is 24.6 Å². The van der Waals surface area contributed by atoms with Crippen LogP contribution in [0.3, 0.4) is 0 Å². The number of nitrogens with zero attached hydrogens (tertiary/aromatic N) is 1. The summed E-state index contributed by atoms with van der Waals surface area (Å²) < 4.78 is 22.4. The number of hydrogen-bond acceptors (Lipinski definition) is 4. The Labute approximate surface area is 90.6 Å². The van der Waals surface area contributed by atoms with E-state index in [9.17, 15) is 13.5 Å². The molecule has 0 spiro atoms. The SMILES string of the molecule is O=S1(=O)CC(O)C(N2CCCC2)C1.[Cl-]. The summed E-state index contributed by atoms with van der Waals surface area (Å²) in [6.07, 6.45) is 1.59. The molecule has 1 N–H and O–H groups in total. The average molecular weight is 241 g/mol. The smallest absolute Gasteiger partial charge is 0.154 e. The maximum atomic E-state index is 11.2. The van der Waals surface area contributed by atoms with Crippen molar-refractivity contribution in [3.63, 3.8) is 0 Å². The number of sulfone groups is 1. The van der Waals surface area contributed by atoms with Gasteiger partial charge < -0.3 is 17.5 Å². The molecule has 0 aromatic heterocycles. The van der Waals surface area contributed by atoms with Gasteiger partial charge in [0.15, 0.2) is 9.84 Å². The van der Waals surface area contributed by atoms with Gasteiger partial charge in [0, 0.05) is 0 Å². The highest BCUT2D eigenvalue weighted by Gasteiger charge is 2.40. The van der Waals surface area contributed by atoms with Crippen LogP contribution < -0.4 is 12.4 Å². The molecular weight excluding hydrogens is 226 g/mol. The first-order valence-corrected chi connectivity index (χ1v) is 6.53. The van der Waals surface area contributed by atoms with Gasteiger partial charge in [0.25, 0.3) is 0 Å². The van der Waals surface area contributed by atoms with Crippen LogP contribution in [0.2, 0.25) is 0 Å². The van der Waals surface area contributed by atoms with Gasteiger partial charge in [0.05, 0.1) is 23.7 Å². The summed E-state index contributed by atoms with van der Waals surface area (Å²) in [4.78, 5) is 2.11. The molecule has 0 bridgehead atoms. The Morgan fingerprint density at radius 3 is 2.14 bits per heavy atom. The molecular formula is C8H15ClNO3S-. The summed E-state index contributed by atoms with van der Waals surface area (Å²) in [5.41, 5.74) is 0. The summed E-state index contributed by atoms with van der Waals surface area (Å²) in [5, 5.41) is 9.56. The van der Waals surface area contributed by atoms with Gasteiger partial charge in [-0.25, -0.2) is 8.42 Å². The minimum absolute atomic E-state index is 0. The van der Waals surface area contributed by atoms with Crippen LogP contribution in [0.15, 0.2) is 0 Å². The maximum Gasteiger partial charge on any atom is 0.154 e. The molecule has 84 valence electrons. The lowest BCUT2D eigenvalue weighted by atomic mass is 10.2.